The number of ether oxygens (including phenoxy) is 1. The van der Waals surface area contributed by atoms with E-state index in [1.54, 1.807) is 14.2 Å². The van der Waals surface area contributed by atoms with Crippen LogP contribution in [0.4, 0.5) is 0 Å². The Bertz CT molecular complexity index is 350. The molecule has 1 aromatic rings. The third-order valence-corrected chi connectivity index (χ3v) is 2.65. The highest BCUT2D eigenvalue weighted by atomic mass is 16.5. The number of nitrogens with one attached hydrogen (secondary N) is 2. The molecule has 4 nitrogen and oxygen atoms in total. The Morgan fingerprint density at radius 1 is 1.14 bits per heavy atom. The molecular formula is C17H32N2O2. The molecule has 0 bridgehead atoms. The number of benzene rings is 1. The van der Waals surface area contributed by atoms with E-state index in [4.69, 9.17) is 4.74 Å². The molecule has 1 atom stereocenters. The summed E-state index contributed by atoms with van der Waals surface area (Å²) in [5.41, 5.74) is 6.92. The zero-order valence-electron chi connectivity index (χ0n) is 14.6. The summed E-state index contributed by atoms with van der Waals surface area (Å²) in [4.78, 5) is 11.7. The van der Waals surface area contributed by atoms with E-state index in [1.807, 2.05) is 58.9 Å². The molecule has 4 heteroatoms. The number of ketones is 1. The van der Waals surface area contributed by atoms with Crippen LogP contribution in [-0.4, -0.2) is 26.0 Å². The molecule has 0 aliphatic carbocycles. The van der Waals surface area contributed by atoms with E-state index in [-0.39, 0.29) is 11.8 Å². The maximum absolute atomic E-state index is 11.7. The van der Waals surface area contributed by atoms with Crippen molar-refractivity contribution in [2.45, 2.75) is 53.5 Å². The van der Waals surface area contributed by atoms with Gasteiger partial charge in [-0.15, -0.1) is 0 Å². The number of rotatable bonds is 7. The third-order valence-electron chi connectivity index (χ3n) is 2.65. The van der Waals surface area contributed by atoms with Gasteiger partial charge in [-0.2, -0.15) is 0 Å². The predicted octanol–water partition coefficient (Wildman–Crippen LogP) is 3.36. The zero-order valence-corrected chi connectivity index (χ0v) is 14.6. The monoisotopic (exact) mass is 296 g/mol. The molecule has 0 spiro atoms. The largest absolute Gasteiger partial charge is 0.497 e. The Morgan fingerprint density at radius 3 is 2.05 bits per heavy atom. The molecule has 0 radical (unpaired) electrons. The Morgan fingerprint density at radius 2 is 1.67 bits per heavy atom. The number of carbonyl (C=O) groups excluding carboxylic acids is 1. The summed E-state index contributed by atoms with van der Waals surface area (Å²) in [7, 11) is 3.41. The van der Waals surface area contributed by atoms with E-state index in [9.17, 15) is 4.79 Å². The number of methoxy groups -OCH3 is 1. The molecule has 21 heavy (non-hydrogen) atoms. The number of hydrogen-bond acceptors (Lipinski definition) is 4. The average molecular weight is 296 g/mol. The molecule has 0 aliphatic heterocycles. The molecule has 1 aromatic carbocycles. The molecule has 0 aliphatic rings. The first kappa shape index (κ1) is 21.9. The van der Waals surface area contributed by atoms with Gasteiger partial charge in [-0.3, -0.25) is 10.2 Å². The molecule has 0 heterocycles. The number of hydrazine groups is 1. The molecule has 1 rings (SSSR count). The van der Waals surface area contributed by atoms with Crippen LogP contribution in [0.25, 0.3) is 0 Å². The first-order chi connectivity index (χ1) is 10.2. The smallest absolute Gasteiger partial charge is 0.151 e. The molecule has 0 fully saturated rings. The van der Waals surface area contributed by atoms with Crippen molar-refractivity contribution >= 4 is 5.78 Å². The van der Waals surface area contributed by atoms with Crippen LogP contribution in [0.2, 0.25) is 0 Å². The maximum Gasteiger partial charge on any atom is 0.151 e. The van der Waals surface area contributed by atoms with Crippen LogP contribution in [0, 0.1) is 0 Å². The van der Waals surface area contributed by atoms with Crippen LogP contribution in [0.3, 0.4) is 0 Å². The molecule has 0 saturated heterocycles. The summed E-state index contributed by atoms with van der Waals surface area (Å²) in [5, 5.41) is 0. The van der Waals surface area contributed by atoms with Crippen LogP contribution in [0.15, 0.2) is 24.3 Å². The Labute approximate surface area is 130 Å². The standard InChI is InChI=1S/C13H20N2O2.2C2H6/c1-4-13(16)12(15-14-2)9-10-5-7-11(17-3)8-6-10;2*1-2/h5-8,12,14-15H,4,9H2,1-3H3;2*1-2H3. The molecule has 0 aromatic heterocycles. The van der Waals surface area contributed by atoms with Crippen LogP contribution < -0.4 is 15.6 Å². The second-order valence-corrected chi connectivity index (χ2v) is 3.82. The fourth-order valence-corrected chi connectivity index (χ4v) is 1.66. The van der Waals surface area contributed by atoms with Gasteiger partial charge in [0.2, 0.25) is 0 Å². The van der Waals surface area contributed by atoms with E-state index >= 15 is 0 Å². The van der Waals surface area contributed by atoms with Crippen molar-refractivity contribution in [3.8, 4) is 5.75 Å². The normalized spacial score (nSPS) is 10.4. The summed E-state index contributed by atoms with van der Waals surface area (Å²) in [6.07, 6.45) is 1.22. The van der Waals surface area contributed by atoms with Gasteiger partial charge >= 0.3 is 0 Å². The number of hydrogen-bond donors (Lipinski definition) is 2. The Kier molecular flexibility index (Phi) is 15.7. The fraction of sp³-hybridized carbons (Fsp3) is 0.588. The Hall–Kier alpha value is -1.39. The van der Waals surface area contributed by atoms with E-state index < -0.39 is 0 Å². The summed E-state index contributed by atoms with van der Waals surface area (Å²) in [6.45, 7) is 9.88. The fourth-order valence-electron chi connectivity index (χ4n) is 1.66. The zero-order chi connectivity index (χ0) is 16.7. The highest BCUT2D eigenvalue weighted by molar-refractivity contribution is 5.83. The topological polar surface area (TPSA) is 50.4 Å². The lowest BCUT2D eigenvalue weighted by atomic mass is 10.0. The Balaban J connectivity index is 0. The van der Waals surface area contributed by atoms with E-state index in [2.05, 4.69) is 10.9 Å². The van der Waals surface area contributed by atoms with Gasteiger partial charge in [0.05, 0.1) is 13.2 Å². The molecule has 1 unspecified atom stereocenters. The van der Waals surface area contributed by atoms with Crippen LogP contribution in [0.1, 0.15) is 46.6 Å². The highest BCUT2D eigenvalue weighted by Gasteiger charge is 2.15. The number of Topliss-reactive ketones (excluding diaryl/α,β-unsaturated/α-hetero) is 1. The lowest BCUT2D eigenvalue weighted by Gasteiger charge is -2.16. The van der Waals surface area contributed by atoms with Crippen molar-refractivity contribution in [3.63, 3.8) is 0 Å². The van der Waals surface area contributed by atoms with Gasteiger partial charge in [0, 0.05) is 6.42 Å². The van der Waals surface area contributed by atoms with E-state index in [1.165, 1.54) is 0 Å². The lowest BCUT2D eigenvalue weighted by molar-refractivity contribution is -0.121. The molecule has 122 valence electrons. The van der Waals surface area contributed by atoms with Crippen LogP contribution in [0.5, 0.6) is 5.75 Å². The van der Waals surface area contributed by atoms with Gasteiger partial charge in [0.15, 0.2) is 5.78 Å². The minimum Gasteiger partial charge on any atom is -0.497 e. The molecule has 0 amide bonds. The van der Waals surface area contributed by atoms with Crippen LogP contribution >= 0.6 is 0 Å². The SMILES string of the molecule is CC.CC.CCC(=O)C(Cc1ccc(OC)cc1)NNC. The minimum absolute atomic E-state index is 0.182. The quantitative estimate of drug-likeness (QED) is 0.758. The molecular weight excluding hydrogens is 264 g/mol. The van der Waals surface area contributed by atoms with Gasteiger partial charge < -0.3 is 4.74 Å². The maximum atomic E-state index is 11.7. The first-order valence-electron chi connectivity index (χ1n) is 7.79. The summed E-state index contributed by atoms with van der Waals surface area (Å²) >= 11 is 0. The van der Waals surface area contributed by atoms with E-state index in [0.29, 0.717) is 12.8 Å². The molecule has 0 saturated carbocycles. The summed E-state index contributed by atoms with van der Waals surface area (Å²) < 4.78 is 5.10. The van der Waals surface area contributed by atoms with Gasteiger partial charge in [0.25, 0.3) is 0 Å². The van der Waals surface area contributed by atoms with Gasteiger partial charge in [-0.05, 0) is 31.2 Å². The van der Waals surface area contributed by atoms with Crippen LogP contribution in [-0.2, 0) is 11.2 Å². The summed E-state index contributed by atoms with van der Waals surface area (Å²) in [6, 6.07) is 7.58. The van der Waals surface area contributed by atoms with Crippen molar-refractivity contribution in [2.24, 2.45) is 0 Å². The van der Waals surface area contributed by atoms with Gasteiger partial charge in [0.1, 0.15) is 5.75 Å². The summed E-state index contributed by atoms with van der Waals surface area (Å²) in [5.74, 6) is 1.03. The van der Waals surface area contributed by atoms with Crippen molar-refractivity contribution in [2.75, 3.05) is 14.2 Å². The van der Waals surface area contributed by atoms with Crippen molar-refractivity contribution in [3.05, 3.63) is 29.8 Å². The second kappa shape index (κ2) is 15.0. The van der Waals surface area contributed by atoms with Crippen molar-refractivity contribution in [1.29, 1.82) is 0 Å². The van der Waals surface area contributed by atoms with Gasteiger partial charge in [-0.25, -0.2) is 5.43 Å². The average Bonchev–Trinajstić information content (AvgIpc) is 2.58. The minimum atomic E-state index is -0.182. The highest BCUT2D eigenvalue weighted by Crippen LogP contribution is 2.13. The van der Waals surface area contributed by atoms with Crippen molar-refractivity contribution in [1.82, 2.24) is 10.9 Å². The predicted molar refractivity (Wildman–Crippen MR) is 90.7 cm³/mol. The molecule has 2 N–H and O–H groups in total. The lowest BCUT2D eigenvalue weighted by Crippen LogP contribution is -2.44. The number of carbonyl (C=O) groups is 1. The van der Waals surface area contributed by atoms with Gasteiger partial charge in [-0.1, -0.05) is 46.8 Å². The van der Waals surface area contributed by atoms with E-state index in [0.717, 1.165) is 11.3 Å². The second-order valence-electron chi connectivity index (χ2n) is 3.82. The third kappa shape index (κ3) is 9.21. The van der Waals surface area contributed by atoms with Crippen molar-refractivity contribution < 1.29 is 9.53 Å². The first-order valence-corrected chi connectivity index (χ1v) is 7.79.